The molecule has 1 aliphatic carbocycles. The van der Waals surface area contributed by atoms with Crippen molar-refractivity contribution in [2.45, 2.75) is 44.9 Å². The molecule has 2 heterocycles. The minimum atomic E-state index is -0.153. The maximum Gasteiger partial charge on any atom is 0.237 e. The van der Waals surface area contributed by atoms with Crippen LogP contribution in [0.4, 0.5) is 0 Å². The molecule has 31 heavy (non-hydrogen) atoms. The first kappa shape index (κ1) is 22.0. The Morgan fingerprint density at radius 3 is 2.61 bits per heavy atom. The number of thiazole rings is 1. The number of carbonyl (C=O) groups is 2. The molecule has 2 amide bonds. The molecule has 1 unspecified atom stereocenters. The summed E-state index contributed by atoms with van der Waals surface area (Å²) in [7, 11) is 0. The molecule has 9 heteroatoms. The highest BCUT2D eigenvalue weighted by atomic mass is 35.5. The van der Waals surface area contributed by atoms with E-state index in [-0.39, 0.29) is 24.3 Å². The van der Waals surface area contributed by atoms with E-state index in [1.807, 2.05) is 29.3 Å². The summed E-state index contributed by atoms with van der Waals surface area (Å²) in [4.78, 5) is 33.5. The number of hydrogen-bond acceptors (Lipinski definition) is 6. The fourth-order valence-corrected chi connectivity index (χ4v) is 4.34. The van der Waals surface area contributed by atoms with Gasteiger partial charge in [0.2, 0.25) is 11.8 Å². The maximum atomic E-state index is 12.7. The Morgan fingerprint density at radius 2 is 1.94 bits per heavy atom. The minimum Gasteiger partial charge on any atom is -0.486 e. The summed E-state index contributed by atoms with van der Waals surface area (Å²) in [6.07, 6.45) is 2.47. The summed E-state index contributed by atoms with van der Waals surface area (Å²) >= 11 is 7.37. The van der Waals surface area contributed by atoms with Gasteiger partial charge in [-0.3, -0.25) is 14.5 Å². The molecule has 1 N–H and O–H groups in total. The van der Waals surface area contributed by atoms with E-state index in [2.05, 4.69) is 15.2 Å². The molecule has 1 atom stereocenters. The van der Waals surface area contributed by atoms with Crippen molar-refractivity contribution in [1.82, 2.24) is 20.1 Å². The number of nitrogens with one attached hydrogen (secondary N) is 1. The Bertz CT molecular complexity index is 908. The van der Waals surface area contributed by atoms with Crippen molar-refractivity contribution in [2.75, 3.05) is 26.2 Å². The average Bonchev–Trinajstić information content (AvgIpc) is 3.49. The van der Waals surface area contributed by atoms with Gasteiger partial charge in [-0.15, -0.1) is 11.3 Å². The number of nitrogens with zero attached hydrogens (tertiary/aromatic N) is 3. The SMILES string of the molecule is CC(C(=O)NC1CC1)N1CCN(C(=O)Cc2csc(COc3ccc(Cl)cc3)n2)CC1. The molecule has 4 rings (SSSR count). The number of ether oxygens (including phenoxy) is 1. The van der Waals surface area contributed by atoms with Gasteiger partial charge in [-0.2, -0.15) is 0 Å². The molecular weight excluding hydrogens is 436 g/mol. The maximum absolute atomic E-state index is 12.7. The van der Waals surface area contributed by atoms with Crippen molar-refractivity contribution in [2.24, 2.45) is 0 Å². The third-order valence-electron chi connectivity index (χ3n) is 5.63. The molecule has 1 aromatic carbocycles. The van der Waals surface area contributed by atoms with Crippen LogP contribution in [0.5, 0.6) is 5.75 Å². The summed E-state index contributed by atoms with van der Waals surface area (Å²) in [5.74, 6) is 0.901. The topological polar surface area (TPSA) is 74.8 Å². The van der Waals surface area contributed by atoms with Crippen LogP contribution < -0.4 is 10.1 Å². The smallest absolute Gasteiger partial charge is 0.237 e. The van der Waals surface area contributed by atoms with Crippen LogP contribution in [0.1, 0.15) is 30.5 Å². The van der Waals surface area contributed by atoms with Gasteiger partial charge in [-0.1, -0.05) is 11.6 Å². The van der Waals surface area contributed by atoms with Gasteiger partial charge in [-0.05, 0) is 44.0 Å². The molecule has 2 fully saturated rings. The van der Waals surface area contributed by atoms with E-state index < -0.39 is 0 Å². The van der Waals surface area contributed by atoms with Crippen LogP contribution in [-0.4, -0.2) is 64.9 Å². The fraction of sp³-hybridized carbons (Fsp3) is 0.500. The Labute approximate surface area is 191 Å². The zero-order valence-corrected chi connectivity index (χ0v) is 19.1. The molecule has 7 nitrogen and oxygen atoms in total. The van der Waals surface area contributed by atoms with Gasteiger partial charge in [0.1, 0.15) is 17.4 Å². The summed E-state index contributed by atoms with van der Waals surface area (Å²) in [5.41, 5.74) is 0.768. The first-order valence-electron chi connectivity index (χ1n) is 10.6. The Morgan fingerprint density at radius 1 is 1.23 bits per heavy atom. The quantitative estimate of drug-likeness (QED) is 0.653. The van der Waals surface area contributed by atoms with Gasteiger partial charge in [0, 0.05) is 42.6 Å². The van der Waals surface area contributed by atoms with Gasteiger partial charge in [-0.25, -0.2) is 4.98 Å². The monoisotopic (exact) mass is 462 g/mol. The van der Waals surface area contributed by atoms with Crippen molar-refractivity contribution in [3.8, 4) is 5.75 Å². The van der Waals surface area contributed by atoms with Gasteiger partial charge in [0.15, 0.2) is 0 Å². The van der Waals surface area contributed by atoms with Gasteiger partial charge < -0.3 is 15.0 Å². The minimum absolute atomic E-state index is 0.0743. The molecule has 2 aliphatic rings. The summed E-state index contributed by atoms with van der Waals surface area (Å²) in [6.45, 7) is 5.00. The van der Waals surface area contributed by atoms with E-state index in [9.17, 15) is 9.59 Å². The van der Waals surface area contributed by atoms with Crippen molar-refractivity contribution < 1.29 is 14.3 Å². The highest BCUT2D eigenvalue weighted by molar-refractivity contribution is 7.09. The van der Waals surface area contributed by atoms with Crippen molar-refractivity contribution >= 4 is 34.8 Å². The number of hydrogen-bond donors (Lipinski definition) is 1. The molecule has 0 spiro atoms. The van der Waals surface area contributed by atoms with E-state index >= 15 is 0 Å². The summed E-state index contributed by atoms with van der Waals surface area (Å²) in [6, 6.07) is 7.41. The predicted octanol–water partition coefficient (Wildman–Crippen LogP) is 2.73. The van der Waals surface area contributed by atoms with E-state index in [1.165, 1.54) is 11.3 Å². The molecule has 166 valence electrons. The zero-order valence-electron chi connectivity index (χ0n) is 17.6. The Kier molecular flexibility index (Phi) is 7.09. The van der Waals surface area contributed by atoms with Crippen molar-refractivity contribution in [3.05, 3.63) is 45.4 Å². The second-order valence-electron chi connectivity index (χ2n) is 8.03. The summed E-state index contributed by atoms with van der Waals surface area (Å²) < 4.78 is 5.72. The third kappa shape index (κ3) is 6.18. The van der Waals surface area contributed by atoms with Crippen molar-refractivity contribution in [3.63, 3.8) is 0 Å². The number of amides is 2. The highest BCUT2D eigenvalue weighted by Crippen LogP contribution is 2.20. The first-order chi connectivity index (χ1) is 15.0. The Balaban J connectivity index is 1.21. The van der Waals surface area contributed by atoms with E-state index in [1.54, 1.807) is 12.1 Å². The van der Waals surface area contributed by atoms with Crippen LogP contribution >= 0.6 is 22.9 Å². The standard InChI is InChI=1S/C22H27ClN4O3S/c1-15(22(29)25-17-4-5-17)26-8-10-27(11-9-26)21(28)12-18-14-31-20(24-18)13-30-19-6-2-16(23)3-7-19/h2-3,6-7,14-15,17H,4-5,8-13H2,1H3,(H,25,29). The number of aromatic nitrogens is 1. The number of rotatable bonds is 8. The van der Waals surface area contributed by atoms with E-state index in [0.29, 0.717) is 43.9 Å². The van der Waals surface area contributed by atoms with E-state index in [0.717, 1.165) is 29.3 Å². The lowest BCUT2D eigenvalue weighted by atomic mass is 10.2. The van der Waals surface area contributed by atoms with Gasteiger partial charge in [0.05, 0.1) is 18.2 Å². The first-order valence-corrected chi connectivity index (χ1v) is 11.9. The normalized spacial score (nSPS) is 17.9. The molecule has 1 saturated carbocycles. The number of halogens is 1. The van der Waals surface area contributed by atoms with Crippen LogP contribution in [0.25, 0.3) is 0 Å². The molecule has 2 aromatic rings. The van der Waals surface area contributed by atoms with Crippen LogP contribution in [0.15, 0.2) is 29.6 Å². The van der Waals surface area contributed by atoms with Crippen molar-refractivity contribution in [1.29, 1.82) is 0 Å². The molecular formula is C22H27ClN4O3S. The largest absolute Gasteiger partial charge is 0.486 e. The molecule has 1 aromatic heterocycles. The van der Waals surface area contributed by atoms with E-state index in [4.69, 9.17) is 16.3 Å². The van der Waals surface area contributed by atoms with Crippen LogP contribution in [0.2, 0.25) is 5.02 Å². The second-order valence-corrected chi connectivity index (χ2v) is 9.41. The van der Waals surface area contributed by atoms with Crippen LogP contribution in [0.3, 0.4) is 0 Å². The molecule has 1 saturated heterocycles. The fourth-order valence-electron chi connectivity index (χ4n) is 3.51. The number of piperazine rings is 1. The highest BCUT2D eigenvalue weighted by Gasteiger charge is 2.30. The molecule has 1 aliphatic heterocycles. The lowest BCUT2D eigenvalue weighted by Gasteiger charge is -2.37. The lowest BCUT2D eigenvalue weighted by molar-refractivity contribution is -0.133. The zero-order chi connectivity index (χ0) is 21.8. The predicted molar refractivity (Wildman–Crippen MR) is 120 cm³/mol. The van der Waals surface area contributed by atoms with Gasteiger partial charge >= 0.3 is 0 Å². The average molecular weight is 463 g/mol. The molecule has 0 radical (unpaired) electrons. The third-order valence-corrected chi connectivity index (χ3v) is 6.75. The number of carbonyl (C=O) groups excluding carboxylic acids is 2. The van der Waals surface area contributed by atoms with Gasteiger partial charge in [0.25, 0.3) is 0 Å². The van der Waals surface area contributed by atoms with Crippen LogP contribution in [-0.2, 0) is 22.6 Å². The second kappa shape index (κ2) is 9.97. The lowest BCUT2D eigenvalue weighted by Crippen LogP contribution is -2.55. The van der Waals surface area contributed by atoms with Crippen LogP contribution in [0, 0.1) is 0 Å². The summed E-state index contributed by atoms with van der Waals surface area (Å²) in [5, 5.41) is 6.47. The Hall–Kier alpha value is -2.16. The molecule has 0 bridgehead atoms. The number of benzene rings is 1.